The van der Waals surface area contributed by atoms with Gasteiger partial charge >= 0.3 is 0 Å². The molecule has 6 heteroatoms. The van der Waals surface area contributed by atoms with E-state index in [9.17, 15) is 4.79 Å². The molecule has 102 valence electrons. The van der Waals surface area contributed by atoms with Gasteiger partial charge in [0.15, 0.2) is 5.13 Å². The van der Waals surface area contributed by atoms with Crippen molar-refractivity contribution < 1.29 is 4.79 Å². The molecule has 3 aromatic rings. The molecule has 0 fully saturated rings. The molecule has 2 heterocycles. The van der Waals surface area contributed by atoms with Crippen LogP contribution in [0.1, 0.15) is 20.8 Å². The van der Waals surface area contributed by atoms with Crippen LogP contribution in [0.4, 0.5) is 5.13 Å². The van der Waals surface area contributed by atoms with Crippen molar-refractivity contribution in [2.75, 3.05) is 5.32 Å². The van der Waals surface area contributed by atoms with Crippen molar-refractivity contribution >= 4 is 55.5 Å². The normalized spacial score (nSPS) is 10.9. The zero-order valence-electron chi connectivity index (χ0n) is 10.9. The number of carbonyl (C=O) groups excluding carboxylic acids is 1. The van der Waals surface area contributed by atoms with E-state index in [0.29, 0.717) is 14.3 Å². The van der Waals surface area contributed by atoms with Gasteiger partial charge in [-0.2, -0.15) is 0 Å². The Morgan fingerprint density at radius 1 is 1.25 bits per heavy atom. The summed E-state index contributed by atoms with van der Waals surface area (Å²) in [5.74, 6) is -0.171. The predicted molar refractivity (Wildman–Crippen MR) is 86.4 cm³/mol. The Labute approximate surface area is 129 Å². The summed E-state index contributed by atoms with van der Waals surface area (Å²) >= 11 is 8.58. The molecule has 0 spiro atoms. The zero-order valence-corrected chi connectivity index (χ0v) is 13.2. The largest absolute Gasteiger partial charge is 0.297 e. The Bertz CT molecular complexity index is 807. The van der Waals surface area contributed by atoms with Crippen LogP contribution in [0.5, 0.6) is 0 Å². The first-order chi connectivity index (χ1) is 9.52. The van der Waals surface area contributed by atoms with E-state index >= 15 is 0 Å². The molecule has 20 heavy (non-hydrogen) atoms. The topological polar surface area (TPSA) is 42.0 Å². The highest BCUT2D eigenvalue weighted by molar-refractivity contribution is 7.22. The van der Waals surface area contributed by atoms with E-state index in [-0.39, 0.29) is 5.91 Å². The summed E-state index contributed by atoms with van der Waals surface area (Å²) < 4.78 is 1.71. The zero-order chi connectivity index (χ0) is 14.3. The number of aryl methyl sites for hydroxylation is 2. The third-order valence-corrected chi connectivity index (χ3v) is 5.19. The van der Waals surface area contributed by atoms with Gasteiger partial charge in [-0.05, 0) is 43.2 Å². The lowest BCUT2D eigenvalue weighted by Gasteiger charge is -1.96. The molecule has 0 atom stereocenters. The molecular formula is C14H11ClN2OS2. The van der Waals surface area contributed by atoms with Crippen LogP contribution in [0.25, 0.3) is 10.2 Å². The van der Waals surface area contributed by atoms with Gasteiger partial charge in [-0.15, -0.1) is 11.3 Å². The maximum Gasteiger partial charge on any atom is 0.267 e. The number of anilines is 1. The van der Waals surface area contributed by atoms with Crippen molar-refractivity contribution in [2.45, 2.75) is 13.8 Å². The van der Waals surface area contributed by atoms with Crippen molar-refractivity contribution in [2.24, 2.45) is 0 Å². The average molecular weight is 323 g/mol. The summed E-state index contributed by atoms with van der Waals surface area (Å²) in [6, 6.07) is 7.57. The molecule has 0 unspecified atom stereocenters. The summed E-state index contributed by atoms with van der Waals surface area (Å²) in [7, 11) is 0. The molecule has 0 bridgehead atoms. The molecule has 0 saturated heterocycles. The molecule has 3 rings (SSSR count). The molecule has 0 saturated carbocycles. The van der Waals surface area contributed by atoms with Crippen LogP contribution in [0.15, 0.2) is 24.3 Å². The van der Waals surface area contributed by atoms with Crippen molar-refractivity contribution in [1.82, 2.24) is 4.98 Å². The molecule has 3 nitrogen and oxygen atoms in total. The van der Waals surface area contributed by atoms with Gasteiger partial charge in [-0.25, -0.2) is 4.98 Å². The van der Waals surface area contributed by atoms with Crippen LogP contribution in [-0.4, -0.2) is 10.9 Å². The lowest BCUT2D eigenvalue weighted by molar-refractivity contribution is 0.103. The second kappa shape index (κ2) is 5.16. The Morgan fingerprint density at radius 2 is 2.05 bits per heavy atom. The highest BCUT2D eigenvalue weighted by Gasteiger charge is 2.13. The maximum atomic E-state index is 12.1. The maximum absolute atomic E-state index is 12.1. The third kappa shape index (κ3) is 2.57. The Morgan fingerprint density at radius 3 is 2.75 bits per heavy atom. The van der Waals surface area contributed by atoms with Crippen molar-refractivity contribution in [3.05, 3.63) is 44.6 Å². The first kappa shape index (κ1) is 13.5. The van der Waals surface area contributed by atoms with Crippen LogP contribution < -0.4 is 5.32 Å². The number of rotatable bonds is 2. The van der Waals surface area contributed by atoms with E-state index in [1.54, 1.807) is 12.1 Å². The minimum Gasteiger partial charge on any atom is -0.297 e. The highest BCUT2D eigenvalue weighted by atomic mass is 35.5. The summed E-state index contributed by atoms with van der Waals surface area (Å²) in [5.41, 5.74) is 3.27. The van der Waals surface area contributed by atoms with Crippen molar-refractivity contribution in [3.8, 4) is 0 Å². The summed E-state index contributed by atoms with van der Waals surface area (Å²) in [6.45, 7) is 4.09. The molecule has 1 aromatic carbocycles. The number of benzene rings is 1. The fourth-order valence-electron chi connectivity index (χ4n) is 2.03. The number of halogens is 1. The predicted octanol–water partition coefficient (Wildman–Crippen LogP) is 4.88. The molecule has 1 amide bonds. The smallest absolute Gasteiger partial charge is 0.267 e. The van der Waals surface area contributed by atoms with Crippen LogP contribution >= 0.6 is 34.3 Å². The Balaban J connectivity index is 1.91. The van der Waals surface area contributed by atoms with Gasteiger partial charge in [0, 0.05) is 0 Å². The lowest BCUT2D eigenvalue weighted by Crippen LogP contribution is -2.09. The number of hydrogen-bond donors (Lipinski definition) is 1. The monoisotopic (exact) mass is 322 g/mol. The van der Waals surface area contributed by atoms with E-state index in [4.69, 9.17) is 11.6 Å². The molecule has 0 radical (unpaired) electrons. The fraction of sp³-hybridized carbons (Fsp3) is 0.143. The summed E-state index contributed by atoms with van der Waals surface area (Å²) in [6.07, 6.45) is 0. The first-order valence-electron chi connectivity index (χ1n) is 5.97. The second-order valence-corrected chi connectivity index (χ2v) is 7.22. The van der Waals surface area contributed by atoms with E-state index in [2.05, 4.69) is 23.3 Å². The van der Waals surface area contributed by atoms with E-state index < -0.39 is 0 Å². The van der Waals surface area contributed by atoms with Gasteiger partial charge in [0.05, 0.1) is 19.4 Å². The Hall–Kier alpha value is -1.43. The molecule has 0 aliphatic carbocycles. The van der Waals surface area contributed by atoms with Gasteiger partial charge in [-0.3, -0.25) is 10.1 Å². The Kier molecular flexibility index (Phi) is 3.50. The van der Waals surface area contributed by atoms with Crippen LogP contribution in [0.3, 0.4) is 0 Å². The van der Waals surface area contributed by atoms with Gasteiger partial charge < -0.3 is 0 Å². The quantitative estimate of drug-likeness (QED) is 0.730. The molecule has 2 aromatic heterocycles. The highest BCUT2D eigenvalue weighted by Crippen LogP contribution is 2.30. The fourth-order valence-corrected chi connectivity index (χ4v) is 3.87. The molecule has 0 aliphatic heterocycles. The first-order valence-corrected chi connectivity index (χ1v) is 7.98. The van der Waals surface area contributed by atoms with E-state index in [1.807, 2.05) is 13.0 Å². The van der Waals surface area contributed by atoms with E-state index in [0.717, 1.165) is 10.2 Å². The SMILES string of the molecule is Cc1cc(C)c2sc(NC(=O)c3ccc(Cl)s3)nc2c1. The number of hydrogen-bond acceptors (Lipinski definition) is 4. The molecule has 1 N–H and O–H groups in total. The van der Waals surface area contributed by atoms with Gasteiger partial charge in [0.25, 0.3) is 5.91 Å². The number of aromatic nitrogens is 1. The number of nitrogens with one attached hydrogen (secondary N) is 1. The molecule has 0 aliphatic rings. The van der Waals surface area contributed by atoms with E-state index in [1.165, 1.54) is 33.8 Å². The number of carbonyl (C=O) groups is 1. The number of thiophene rings is 1. The second-order valence-electron chi connectivity index (χ2n) is 4.51. The van der Waals surface area contributed by atoms with Crippen LogP contribution in [-0.2, 0) is 0 Å². The lowest BCUT2D eigenvalue weighted by atomic mass is 10.1. The number of amides is 1. The number of fused-ring (bicyclic) bond motifs is 1. The van der Waals surface area contributed by atoms with Gasteiger partial charge in [0.1, 0.15) is 0 Å². The standard InChI is InChI=1S/C14H11ClN2OS2/c1-7-5-8(2)12-9(6-7)16-14(20-12)17-13(18)10-3-4-11(15)19-10/h3-6H,1-2H3,(H,16,17,18). The van der Waals surface area contributed by atoms with Crippen LogP contribution in [0.2, 0.25) is 4.34 Å². The third-order valence-electron chi connectivity index (χ3n) is 2.84. The van der Waals surface area contributed by atoms with Crippen LogP contribution in [0, 0.1) is 13.8 Å². The van der Waals surface area contributed by atoms with Gasteiger partial charge in [-0.1, -0.05) is 29.0 Å². The minimum absolute atomic E-state index is 0.171. The number of thiazole rings is 1. The molecular weight excluding hydrogens is 312 g/mol. The van der Waals surface area contributed by atoms with Crippen molar-refractivity contribution in [3.63, 3.8) is 0 Å². The van der Waals surface area contributed by atoms with Crippen molar-refractivity contribution in [1.29, 1.82) is 0 Å². The number of nitrogens with zero attached hydrogens (tertiary/aromatic N) is 1. The minimum atomic E-state index is -0.171. The summed E-state index contributed by atoms with van der Waals surface area (Å²) in [4.78, 5) is 17.1. The summed E-state index contributed by atoms with van der Waals surface area (Å²) in [5, 5.41) is 3.44. The van der Waals surface area contributed by atoms with Gasteiger partial charge in [0.2, 0.25) is 0 Å². The average Bonchev–Trinajstić information content (AvgIpc) is 2.95.